The Morgan fingerprint density at radius 2 is 0.494 bits per heavy atom. The first kappa shape index (κ1) is 74.3. The average Bonchev–Trinajstić information content (AvgIpc) is 3.45. The average molecular weight is 1090 g/mol. The lowest BCUT2D eigenvalue weighted by Crippen LogP contribution is -2.30. The fourth-order valence-electron chi connectivity index (χ4n) is 8.47. The molecule has 0 saturated heterocycles. The molecule has 0 heterocycles. The van der Waals surface area contributed by atoms with E-state index >= 15 is 0 Å². The highest BCUT2D eigenvalue weighted by molar-refractivity contribution is 5.71. The number of rotatable bonds is 57. The number of hydrogen-bond acceptors (Lipinski definition) is 6. The Morgan fingerprint density at radius 3 is 0.772 bits per heavy atom. The first-order valence-corrected chi connectivity index (χ1v) is 32.3. The molecule has 0 N–H and O–H groups in total. The summed E-state index contributed by atoms with van der Waals surface area (Å²) in [6, 6.07) is 0. The van der Waals surface area contributed by atoms with Crippen LogP contribution in [0.3, 0.4) is 0 Å². The van der Waals surface area contributed by atoms with E-state index in [2.05, 4.69) is 167 Å². The van der Waals surface area contributed by atoms with Gasteiger partial charge in [0.05, 0.1) is 0 Å². The molecule has 1 atom stereocenters. The summed E-state index contributed by atoms with van der Waals surface area (Å²) in [6.45, 7) is 6.37. The van der Waals surface area contributed by atoms with Gasteiger partial charge in [0, 0.05) is 19.3 Å². The first-order chi connectivity index (χ1) is 39.0. The van der Waals surface area contributed by atoms with Crippen molar-refractivity contribution in [2.45, 2.75) is 284 Å². The van der Waals surface area contributed by atoms with Gasteiger partial charge in [-0.3, -0.25) is 14.4 Å². The Kier molecular flexibility index (Phi) is 61.9. The van der Waals surface area contributed by atoms with E-state index in [0.717, 1.165) is 180 Å². The predicted molar refractivity (Wildman–Crippen MR) is 343 cm³/mol. The minimum atomic E-state index is -0.798. The molecule has 0 spiro atoms. The zero-order valence-corrected chi connectivity index (χ0v) is 51.1. The highest BCUT2D eigenvalue weighted by atomic mass is 16.6. The van der Waals surface area contributed by atoms with Crippen molar-refractivity contribution in [1.82, 2.24) is 0 Å². The summed E-state index contributed by atoms with van der Waals surface area (Å²) in [5.74, 6) is -0.928. The van der Waals surface area contributed by atoms with Crippen LogP contribution in [0.2, 0.25) is 0 Å². The summed E-state index contributed by atoms with van der Waals surface area (Å²) in [5, 5.41) is 0. The number of carbonyl (C=O) groups is 3. The Morgan fingerprint density at radius 1 is 0.266 bits per heavy atom. The van der Waals surface area contributed by atoms with Crippen molar-refractivity contribution >= 4 is 17.9 Å². The fraction of sp³-hybridized carbons (Fsp3) is 0.630. The Bertz CT molecular complexity index is 1730. The van der Waals surface area contributed by atoms with Gasteiger partial charge < -0.3 is 14.2 Å². The minimum absolute atomic E-state index is 0.0941. The summed E-state index contributed by atoms with van der Waals surface area (Å²) in [6.07, 6.45) is 94.3. The summed E-state index contributed by atoms with van der Waals surface area (Å²) < 4.78 is 16.9. The topological polar surface area (TPSA) is 78.9 Å². The van der Waals surface area contributed by atoms with Crippen molar-refractivity contribution in [2.24, 2.45) is 0 Å². The summed E-state index contributed by atoms with van der Waals surface area (Å²) in [7, 11) is 0. The highest BCUT2D eigenvalue weighted by Gasteiger charge is 2.19. The van der Waals surface area contributed by atoms with E-state index in [4.69, 9.17) is 14.2 Å². The van der Waals surface area contributed by atoms with Crippen LogP contribution in [0.25, 0.3) is 0 Å². The SMILES string of the molecule is CC/C=C\C/C=C\C/C=C\C/C=C\C/C=C\C/C=C\C/C=C\C/C=C\CCCCCCCCCCCCC(=O)OCC(COC(=O)CCCCCCC/C=C\C/C=C\CCC)OC(=O)CCCCCCC/C=C\C/C=C\CCC. The zero-order valence-electron chi connectivity index (χ0n) is 51.1. The molecule has 0 aliphatic rings. The number of unbranched alkanes of at least 4 members (excludes halogenated alkanes) is 22. The molecule has 6 nitrogen and oxygen atoms in total. The van der Waals surface area contributed by atoms with Crippen LogP contribution in [-0.2, 0) is 28.6 Å². The Hall–Kier alpha value is -4.71. The second-order valence-corrected chi connectivity index (χ2v) is 20.9. The maximum absolute atomic E-state index is 12.8. The van der Waals surface area contributed by atoms with E-state index in [1.54, 1.807) is 0 Å². The number of esters is 3. The van der Waals surface area contributed by atoms with Gasteiger partial charge >= 0.3 is 17.9 Å². The van der Waals surface area contributed by atoms with E-state index in [0.29, 0.717) is 19.3 Å². The van der Waals surface area contributed by atoms with Crippen LogP contribution in [-0.4, -0.2) is 37.2 Å². The molecule has 0 rings (SSSR count). The summed E-state index contributed by atoms with van der Waals surface area (Å²) in [4.78, 5) is 38.2. The van der Waals surface area contributed by atoms with Gasteiger partial charge in [-0.1, -0.05) is 269 Å². The van der Waals surface area contributed by atoms with Crippen molar-refractivity contribution in [1.29, 1.82) is 0 Å². The van der Waals surface area contributed by atoms with Crippen LogP contribution in [0.15, 0.2) is 146 Å². The van der Waals surface area contributed by atoms with Crippen molar-refractivity contribution < 1.29 is 28.6 Å². The summed E-state index contributed by atoms with van der Waals surface area (Å²) >= 11 is 0. The van der Waals surface area contributed by atoms with E-state index in [1.165, 1.54) is 57.8 Å². The molecule has 0 radical (unpaired) electrons. The van der Waals surface area contributed by atoms with Gasteiger partial charge in [-0.2, -0.15) is 0 Å². The van der Waals surface area contributed by atoms with Crippen molar-refractivity contribution in [3.05, 3.63) is 146 Å². The van der Waals surface area contributed by atoms with E-state index in [9.17, 15) is 14.4 Å². The molecule has 0 aliphatic heterocycles. The third-order valence-electron chi connectivity index (χ3n) is 13.3. The largest absolute Gasteiger partial charge is 0.462 e. The Balaban J connectivity index is 4.21. The predicted octanol–water partition coefficient (Wildman–Crippen LogP) is 22.3. The number of carbonyl (C=O) groups excluding carboxylic acids is 3. The molecule has 0 fully saturated rings. The molecular weight excluding hydrogens is 973 g/mol. The van der Waals surface area contributed by atoms with Crippen LogP contribution in [0.1, 0.15) is 278 Å². The molecule has 0 amide bonds. The van der Waals surface area contributed by atoms with Crippen molar-refractivity contribution in [3.63, 3.8) is 0 Å². The zero-order chi connectivity index (χ0) is 57.1. The Labute approximate surface area is 487 Å². The molecule has 79 heavy (non-hydrogen) atoms. The molecule has 0 saturated carbocycles. The highest BCUT2D eigenvalue weighted by Crippen LogP contribution is 2.15. The molecule has 6 heteroatoms. The van der Waals surface area contributed by atoms with Crippen LogP contribution in [0.5, 0.6) is 0 Å². The molecule has 1 unspecified atom stereocenters. The smallest absolute Gasteiger partial charge is 0.306 e. The lowest BCUT2D eigenvalue weighted by atomic mass is 10.1. The third kappa shape index (κ3) is 64.0. The lowest BCUT2D eigenvalue weighted by Gasteiger charge is -2.18. The quantitative estimate of drug-likeness (QED) is 0.0261. The van der Waals surface area contributed by atoms with E-state index in [1.807, 2.05) is 0 Å². The standard InChI is InChI=1S/C73H118O6/c1-4-7-10-13-16-19-22-25-26-27-28-29-30-31-32-33-34-35-36-37-38-39-40-41-42-43-44-45-46-49-51-54-57-60-63-66-72(75)78-69-70(79-73(76)67-64-61-58-55-52-48-24-21-18-15-12-9-6-3)68-77-71(74)65-62-59-56-53-50-47-23-20-17-14-11-8-5-2/h7,10-12,14-16,19-21,23-26,28-29,31-32,34-35,37-38,40-41,70H,4-6,8-9,13,17-18,22,27,30,33,36,39,42-69H2,1-3H3/b10-7-,14-11-,15-12-,19-16-,23-20-,24-21-,26-25-,29-28-,32-31-,35-34-,38-37-,41-40-. The van der Waals surface area contributed by atoms with Crippen LogP contribution in [0, 0.1) is 0 Å². The fourth-order valence-corrected chi connectivity index (χ4v) is 8.47. The molecule has 0 aliphatic carbocycles. The number of hydrogen-bond donors (Lipinski definition) is 0. The van der Waals surface area contributed by atoms with E-state index in [-0.39, 0.29) is 31.1 Å². The van der Waals surface area contributed by atoms with Crippen molar-refractivity contribution in [2.75, 3.05) is 13.2 Å². The van der Waals surface area contributed by atoms with Gasteiger partial charge in [0.2, 0.25) is 0 Å². The van der Waals surface area contributed by atoms with Gasteiger partial charge in [0.1, 0.15) is 13.2 Å². The van der Waals surface area contributed by atoms with Gasteiger partial charge in [-0.15, -0.1) is 0 Å². The van der Waals surface area contributed by atoms with Gasteiger partial charge in [-0.05, 0) is 135 Å². The monoisotopic (exact) mass is 1090 g/mol. The second kappa shape index (κ2) is 65.8. The normalized spacial score (nSPS) is 13.1. The minimum Gasteiger partial charge on any atom is -0.462 e. The molecule has 0 aromatic rings. The number of ether oxygens (including phenoxy) is 3. The van der Waals surface area contributed by atoms with Gasteiger partial charge in [0.15, 0.2) is 6.10 Å². The molecular formula is C73H118O6. The maximum atomic E-state index is 12.8. The van der Waals surface area contributed by atoms with Gasteiger partial charge in [0.25, 0.3) is 0 Å². The van der Waals surface area contributed by atoms with Gasteiger partial charge in [-0.25, -0.2) is 0 Å². The second-order valence-electron chi connectivity index (χ2n) is 20.9. The molecule has 446 valence electrons. The summed E-state index contributed by atoms with van der Waals surface area (Å²) in [5.41, 5.74) is 0. The third-order valence-corrected chi connectivity index (χ3v) is 13.3. The van der Waals surface area contributed by atoms with Crippen LogP contribution in [0.4, 0.5) is 0 Å². The van der Waals surface area contributed by atoms with Crippen molar-refractivity contribution in [3.8, 4) is 0 Å². The molecule has 0 aromatic heterocycles. The van der Waals surface area contributed by atoms with Crippen LogP contribution < -0.4 is 0 Å². The lowest BCUT2D eigenvalue weighted by molar-refractivity contribution is -0.167. The molecule has 0 aromatic carbocycles. The maximum Gasteiger partial charge on any atom is 0.306 e. The molecule has 0 bridgehead atoms. The van der Waals surface area contributed by atoms with Crippen LogP contribution >= 0.6 is 0 Å². The van der Waals surface area contributed by atoms with E-state index < -0.39 is 6.10 Å². The first-order valence-electron chi connectivity index (χ1n) is 32.3. The number of allylic oxidation sites excluding steroid dienone is 24.